The van der Waals surface area contributed by atoms with Crippen LogP contribution in [0.15, 0.2) is 4.79 Å². The van der Waals surface area contributed by atoms with E-state index in [0.717, 1.165) is 12.8 Å². The van der Waals surface area contributed by atoms with Crippen molar-refractivity contribution in [3.05, 3.63) is 16.3 Å². The first-order valence-electron chi connectivity index (χ1n) is 4.41. The van der Waals surface area contributed by atoms with Crippen molar-refractivity contribution in [1.82, 2.24) is 14.3 Å². The fraction of sp³-hybridized carbons (Fsp3) is 0.750. The molecule has 1 heterocycles. The standard InChI is InChI=1S/C8H12FN3O/c1-11-7(4-9)10-12(8(11)13)5-6-2-3-6/h6H,2-5H2,1H3. The third kappa shape index (κ3) is 1.50. The third-order valence-electron chi connectivity index (χ3n) is 2.38. The lowest BCUT2D eigenvalue weighted by Crippen LogP contribution is -2.24. The number of hydrogen-bond acceptors (Lipinski definition) is 2. The molecule has 4 nitrogen and oxygen atoms in total. The molecule has 0 N–H and O–H groups in total. The van der Waals surface area contributed by atoms with Crippen LogP contribution in [0.1, 0.15) is 18.7 Å². The van der Waals surface area contributed by atoms with Crippen LogP contribution in [-0.2, 0) is 20.3 Å². The van der Waals surface area contributed by atoms with E-state index in [1.54, 1.807) is 7.05 Å². The van der Waals surface area contributed by atoms with Gasteiger partial charge in [0.15, 0.2) is 5.82 Å². The molecule has 1 aromatic heterocycles. The van der Waals surface area contributed by atoms with Gasteiger partial charge in [-0.05, 0) is 18.8 Å². The molecule has 2 rings (SSSR count). The Kier molecular flexibility index (Phi) is 1.94. The zero-order valence-corrected chi connectivity index (χ0v) is 7.53. The number of nitrogens with zero attached hydrogens (tertiary/aromatic N) is 3. The molecule has 0 aromatic carbocycles. The minimum absolute atomic E-state index is 0.209. The van der Waals surface area contributed by atoms with E-state index in [0.29, 0.717) is 12.5 Å². The maximum absolute atomic E-state index is 12.3. The lowest BCUT2D eigenvalue weighted by Gasteiger charge is -1.93. The van der Waals surface area contributed by atoms with Gasteiger partial charge in [-0.3, -0.25) is 4.57 Å². The Labute approximate surface area is 75.0 Å². The van der Waals surface area contributed by atoms with Gasteiger partial charge in [0.2, 0.25) is 0 Å². The van der Waals surface area contributed by atoms with Gasteiger partial charge in [-0.1, -0.05) is 0 Å². The summed E-state index contributed by atoms with van der Waals surface area (Å²) in [5, 5.41) is 3.90. The normalized spacial score (nSPS) is 16.5. The molecule has 0 spiro atoms. The number of halogens is 1. The SMILES string of the molecule is Cn1c(CF)nn(CC2CC2)c1=O. The maximum atomic E-state index is 12.3. The Morgan fingerprint density at radius 1 is 1.62 bits per heavy atom. The van der Waals surface area contributed by atoms with E-state index in [2.05, 4.69) is 5.10 Å². The van der Waals surface area contributed by atoms with E-state index in [9.17, 15) is 9.18 Å². The highest BCUT2D eigenvalue weighted by Gasteiger charge is 2.23. The summed E-state index contributed by atoms with van der Waals surface area (Å²) in [6.45, 7) is -0.0317. The van der Waals surface area contributed by atoms with Crippen molar-refractivity contribution < 1.29 is 4.39 Å². The average molecular weight is 185 g/mol. The molecule has 0 amide bonds. The Morgan fingerprint density at radius 2 is 2.31 bits per heavy atom. The maximum Gasteiger partial charge on any atom is 0.345 e. The first kappa shape index (κ1) is 8.47. The first-order chi connectivity index (χ1) is 6.22. The first-order valence-corrected chi connectivity index (χ1v) is 4.41. The van der Waals surface area contributed by atoms with Crippen LogP contribution in [0.3, 0.4) is 0 Å². The lowest BCUT2D eigenvalue weighted by atomic mass is 10.4. The van der Waals surface area contributed by atoms with Gasteiger partial charge in [-0.15, -0.1) is 0 Å². The fourth-order valence-corrected chi connectivity index (χ4v) is 1.31. The molecule has 1 fully saturated rings. The molecule has 0 unspecified atom stereocenters. The van der Waals surface area contributed by atoms with Gasteiger partial charge in [0.05, 0.1) is 0 Å². The van der Waals surface area contributed by atoms with E-state index in [4.69, 9.17) is 0 Å². The van der Waals surface area contributed by atoms with Gasteiger partial charge < -0.3 is 0 Å². The van der Waals surface area contributed by atoms with E-state index in [1.807, 2.05) is 0 Å². The van der Waals surface area contributed by atoms with Crippen LogP contribution >= 0.6 is 0 Å². The molecule has 0 atom stereocenters. The molecule has 1 saturated carbocycles. The molecule has 13 heavy (non-hydrogen) atoms. The van der Waals surface area contributed by atoms with Crippen molar-refractivity contribution >= 4 is 0 Å². The van der Waals surface area contributed by atoms with E-state index in [1.165, 1.54) is 9.25 Å². The third-order valence-corrected chi connectivity index (χ3v) is 2.38. The largest absolute Gasteiger partial charge is 0.345 e. The highest BCUT2D eigenvalue weighted by atomic mass is 19.1. The Morgan fingerprint density at radius 3 is 2.77 bits per heavy atom. The number of alkyl halides is 1. The van der Waals surface area contributed by atoms with Gasteiger partial charge in [0.1, 0.15) is 6.67 Å². The van der Waals surface area contributed by atoms with Gasteiger partial charge in [0, 0.05) is 13.6 Å². The highest BCUT2D eigenvalue weighted by Crippen LogP contribution is 2.29. The van der Waals surface area contributed by atoms with Crippen LogP contribution in [0.25, 0.3) is 0 Å². The van der Waals surface area contributed by atoms with Gasteiger partial charge >= 0.3 is 5.69 Å². The summed E-state index contributed by atoms with van der Waals surface area (Å²) in [6, 6.07) is 0. The highest BCUT2D eigenvalue weighted by molar-refractivity contribution is 4.85. The molecular formula is C8H12FN3O. The second-order valence-corrected chi connectivity index (χ2v) is 3.52. The topological polar surface area (TPSA) is 39.8 Å². The average Bonchev–Trinajstić information content (AvgIpc) is 2.89. The van der Waals surface area contributed by atoms with Gasteiger partial charge in [0.25, 0.3) is 0 Å². The Hall–Kier alpha value is -1.13. The molecule has 1 aromatic rings. The van der Waals surface area contributed by atoms with Crippen LogP contribution in [0.5, 0.6) is 0 Å². The minimum Gasteiger partial charge on any atom is -0.280 e. The smallest absolute Gasteiger partial charge is 0.280 e. The van der Waals surface area contributed by atoms with Crippen molar-refractivity contribution in [1.29, 1.82) is 0 Å². The second-order valence-electron chi connectivity index (χ2n) is 3.52. The van der Waals surface area contributed by atoms with Crippen LogP contribution in [0, 0.1) is 5.92 Å². The van der Waals surface area contributed by atoms with Crippen molar-refractivity contribution in [2.24, 2.45) is 13.0 Å². The summed E-state index contributed by atoms with van der Waals surface area (Å²) in [6.07, 6.45) is 2.32. The number of rotatable bonds is 3. The monoisotopic (exact) mass is 185 g/mol. The van der Waals surface area contributed by atoms with Crippen LogP contribution in [0.4, 0.5) is 4.39 Å². The molecular weight excluding hydrogens is 173 g/mol. The molecule has 0 radical (unpaired) electrons. The summed E-state index contributed by atoms with van der Waals surface area (Å²) in [5.74, 6) is 0.797. The Balaban J connectivity index is 2.28. The van der Waals surface area contributed by atoms with E-state index < -0.39 is 6.67 Å². The zero-order chi connectivity index (χ0) is 9.42. The number of hydrogen-bond donors (Lipinski definition) is 0. The van der Waals surface area contributed by atoms with Crippen molar-refractivity contribution in [3.63, 3.8) is 0 Å². The van der Waals surface area contributed by atoms with Crippen LogP contribution in [-0.4, -0.2) is 14.3 Å². The summed E-state index contributed by atoms with van der Waals surface area (Å²) >= 11 is 0. The molecule has 0 saturated heterocycles. The molecule has 72 valence electrons. The summed E-state index contributed by atoms with van der Waals surface area (Å²) in [4.78, 5) is 11.4. The molecule has 1 aliphatic rings. The quantitative estimate of drug-likeness (QED) is 0.686. The summed E-state index contributed by atoms with van der Waals surface area (Å²) < 4.78 is 14.9. The molecule has 1 aliphatic carbocycles. The van der Waals surface area contributed by atoms with Crippen molar-refractivity contribution in [2.45, 2.75) is 26.1 Å². The zero-order valence-electron chi connectivity index (χ0n) is 7.53. The van der Waals surface area contributed by atoms with Crippen molar-refractivity contribution in [2.75, 3.05) is 0 Å². The Bertz CT molecular complexity index is 364. The summed E-state index contributed by atoms with van der Waals surface area (Å²) in [5.41, 5.74) is -0.209. The van der Waals surface area contributed by atoms with Crippen molar-refractivity contribution in [3.8, 4) is 0 Å². The molecule has 0 bridgehead atoms. The van der Waals surface area contributed by atoms with E-state index in [-0.39, 0.29) is 11.5 Å². The molecule has 0 aliphatic heterocycles. The predicted octanol–water partition coefficient (Wildman–Crippen LogP) is 0.461. The lowest BCUT2D eigenvalue weighted by molar-refractivity contribution is 0.448. The van der Waals surface area contributed by atoms with Crippen LogP contribution < -0.4 is 5.69 Å². The summed E-state index contributed by atoms with van der Waals surface area (Å²) in [7, 11) is 1.55. The van der Waals surface area contributed by atoms with E-state index >= 15 is 0 Å². The fourth-order valence-electron chi connectivity index (χ4n) is 1.31. The number of aromatic nitrogens is 3. The van der Waals surface area contributed by atoms with Crippen LogP contribution in [0.2, 0.25) is 0 Å². The van der Waals surface area contributed by atoms with Gasteiger partial charge in [-0.2, -0.15) is 5.10 Å². The second kappa shape index (κ2) is 2.97. The van der Waals surface area contributed by atoms with Gasteiger partial charge in [-0.25, -0.2) is 13.9 Å². The molecule has 5 heteroatoms. The minimum atomic E-state index is -0.677. The predicted molar refractivity (Wildman–Crippen MR) is 45.0 cm³/mol.